The van der Waals surface area contributed by atoms with Crippen LogP contribution in [0.15, 0.2) is 41.3 Å². The second kappa shape index (κ2) is 7.53. The smallest absolute Gasteiger partial charge is 0.222 e. The molecule has 1 aromatic heterocycles. The fraction of sp³-hybridized carbons (Fsp3) is 0.353. The van der Waals surface area contributed by atoms with Gasteiger partial charge in [-0.05, 0) is 37.3 Å². The number of halogens is 1. The molecule has 0 fully saturated rings. The summed E-state index contributed by atoms with van der Waals surface area (Å²) < 4.78 is 37.7. The minimum Gasteiger partial charge on any atom is -0.252 e. The molecule has 0 aliphatic heterocycles. The predicted molar refractivity (Wildman–Crippen MR) is 102 cm³/mol. The van der Waals surface area contributed by atoms with Gasteiger partial charge >= 0.3 is 0 Å². The summed E-state index contributed by atoms with van der Waals surface area (Å²) in [5, 5.41) is 0.456. The van der Waals surface area contributed by atoms with Crippen molar-refractivity contribution in [2.45, 2.75) is 38.0 Å². The van der Waals surface area contributed by atoms with Crippen LogP contribution in [0.25, 0.3) is 11.3 Å². The molecule has 2 rings (SSSR count). The fourth-order valence-electron chi connectivity index (χ4n) is 2.04. The number of pyridine rings is 1. The highest BCUT2D eigenvalue weighted by molar-refractivity contribution is 8.01. The van der Waals surface area contributed by atoms with Crippen LogP contribution >= 0.6 is 11.6 Å². The lowest BCUT2D eigenvalue weighted by Crippen LogP contribution is -2.27. The molecule has 1 N–H and O–H groups in total. The summed E-state index contributed by atoms with van der Waals surface area (Å²) in [5.41, 5.74) is 2.03. The molecule has 136 valence electrons. The summed E-state index contributed by atoms with van der Waals surface area (Å²) in [6, 6.07) is 10.4. The van der Waals surface area contributed by atoms with E-state index in [1.807, 2.05) is 18.2 Å². The van der Waals surface area contributed by atoms with Gasteiger partial charge in [-0.15, -0.1) is 4.13 Å². The van der Waals surface area contributed by atoms with Gasteiger partial charge in [0.2, 0.25) is 10.0 Å². The number of hydrogen-bond donors (Lipinski definition) is 1. The summed E-state index contributed by atoms with van der Waals surface area (Å²) in [6.07, 6.45) is 0. The average Bonchev–Trinajstić information content (AvgIpc) is 2.54. The number of nitrogens with zero attached hydrogens (tertiary/aromatic N) is 1. The van der Waals surface area contributed by atoms with E-state index < -0.39 is 21.0 Å². The van der Waals surface area contributed by atoms with E-state index in [-0.39, 0.29) is 11.2 Å². The topological polar surface area (TPSA) is 76.1 Å². The first-order chi connectivity index (χ1) is 11.5. The molecule has 0 saturated heterocycles. The van der Waals surface area contributed by atoms with Crippen molar-refractivity contribution in [3.05, 3.63) is 47.1 Å². The number of hydrogen-bond acceptors (Lipinski definition) is 4. The van der Waals surface area contributed by atoms with E-state index in [1.54, 1.807) is 12.1 Å². The first-order valence-electron chi connectivity index (χ1n) is 7.73. The summed E-state index contributed by atoms with van der Waals surface area (Å²) in [5.74, 6) is -0.144. The molecule has 1 aromatic carbocycles. The van der Waals surface area contributed by atoms with E-state index in [9.17, 15) is 12.6 Å². The Kier molecular flexibility index (Phi) is 6.04. The summed E-state index contributed by atoms with van der Waals surface area (Å²) in [4.78, 5) is 4.96. The Hall–Kier alpha value is -1.28. The van der Waals surface area contributed by atoms with Crippen molar-refractivity contribution in [3.8, 4) is 11.3 Å². The van der Waals surface area contributed by atoms with E-state index in [2.05, 4.69) is 29.9 Å². The summed E-state index contributed by atoms with van der Waals surface area (Å²) in [6.45, 7) is 7.66. The first kappa shape index (κ1) is 20.0. The number of benzene rings is 1. The van der Waals surface area contributed by atoms with Crippen LogP contribution in [0, 0.1) is 0 Å². The van der Waals surface area contributed by atoms with Crippen molar-refractivity contribution in [2.75, 3.05) is 5.75 Å². The van der Waals surface area contributed by atoms with Crippen molar-refractivity contribution < 1.29 is 12.6 Å². The van der Waals surface area contributed by atoms with Gasteiger partial charge in [0.1, 0.15) is 11.0 Å². The van der Waals surface area contributed by atoms with Crippen LogP contribution in [0.2, 0.25) is 5.02 Å². The zero-order valence-electron chi connectivity index (χ0n) is 14.5. The molecule has 0 amide bonds. The summed E-state index contributed by atoms with van der Waals surface area (Å²) >= 11 is 6.28. The highest BCUT2D eigenvalue weighted by atomic mass is 35.5. The monoisotopic (exact) mass is 400 g/mol. The summed E-state index contributed by atoms with van der Waals surface area (Å²) in [7, 11) is -5.47. The predicted octanol–water partition coefficient (Wildman–Crippen LogP) is 3.66. The molecular weight excluding hydrogens is 380 g/mol. The minimum atomic E-state index is -3.58. The normalized spacial score (nSPS) is 13.6. The molecule has 1 unspecified atom stereocenters. The van der Waals surface area contributed by atoms with Gasteiger partial charge < -0.3 is 0 Å². The van der Waals surface area contributed by atoms with Crippen LogP contribution < -0.4 is 4.13 Å². The molecular formula is C17H21ClN2O3S2. The van der Waals surface area contributed by atoms with Crippen LogP contribution in [0.1, 0.15) is 33.4 Å². The van der Waals surface area contributed by atoms with Crippen LogP contribution in [0.5, 0.6) is 0 Å². The highest BCUT2D eigenvalue weighted by Crippen LogP contribution is 2.30. The lowest BCUT2D eigenvalue weighted by atomic mass is 9.91. The SMILES string of the molecule is CCS(=O)(=O)NS(=O)c1ccc(Cl)c(-c2cccc(C(C)(C)C)n2)c1. The van der Waals surface area contributed by atoms with Crippen molar-refractivity contribution >= 4 is 32.6 Å². The first-order valence-corrected chi connectivity index (χ1v) is 10.9. The highest BCUT2D eigenvalue weighted by Gasteiger charge is 2.18. The third-order valence-electron chi connectivity index (χ3n) is 3.53. The van der Waals surface area contributed by atoms with Crippen LogP contribution in [-0.4, -0.2) is 23.4 Å². The Balaban J connectivity index is 2.45. The average molecular weight is 401 g/mol. The Morgan fingerprint density at radius 3 is 2.48 bits per heavy atom. The molecule has 5 nitrogen and oxygen atoms in total. The van der Waals surface area contributed by atoms with Crippen LogP contribution in [-0.2, 0) is 26.4 Å². The fourth-order valence-corrected chi connectivity index (χ4v) is 4.45. The molecule has 0 saturated carbocycles. The van der Waals surface area contributed by atoms with Gasteiger partial charge in [-0.2, -0.15) is 0 Å². The molecule has 1 heterocycles. The van der Waals surface area contributed by atoms with E-state index in [0.29, 0.717) is 21.2 Å². The molecule has 2 aromatic rings. The molecule has 0 aliphatic rings. The van der Waals surface area contributed by atoms with Crippen molar-refractivity contribution in [2.24, 2.45) is 0 Å². The number of sulfonamides is 1. The standard InChI is InChI=1S/C17H21ClN2O3S2/c1-5-25(22,23)20-24(21)12-9-10-14(18)13(11-12)15-7-6-8-16(19-15)17(2,3)4/h6-11,20H,5H2,1-4H3. The van der Waals surface area contributed by atoms with Crippen LogP contribution in [0.3, 0.4) is 0 Å². The van der Waals surface area contributed by atoms with Gasteiger partial charge in [0, 0.05) is 16.7 Å². The number of aromatic nitrogens is 1. The van der Waals surface area contributed by atoms with Gasteiger partial charge in [0.15, 0.2) is 0 Å². The zero-order valence-corrected chi connectivity index (χ0v) is 16.9. The van der Waals surface area contributed by atoms with Gasteiger partial charge in [0.05, 0.1) is 21.4 Å². The van der Waals surface area contributed by atoms with Gasteiger partial charge in [-0.1, -0.05) is 38.4 Å². The van der Waals surface area contributed by atoms with Gasteiger partial charge in [0.25, 0.3) is 0 Å². The largest absolute Gasteiger partial charge is 0.252 e. The lowest BCUT2D eigenvalue weighted by Gasteiger charge is -2.18. The Bertz CT molecular complexity index is 906. The van der Waals surface area contributed by atoms with E-state index in [0.717, 1.165) is 5.69 Å². The quantitative estimate of drug-likeness (QED) is 0.830. The molecule has 1 atom stereocenters. The third kappa shape index (κ3) is 5.10. The Labute approximate surface area is 156 Å². The van der Waals surface area contributed by atoms with Gasteiger partial charge in [-0.3, -0.25) is 4.98 Å². The van der Waals surface area contributed by atoms with Crippen LogP contribution in [0.4, 0.5) is 0 Å². The molecule has 0 bridgehead atoms. The second-order valence-electron chi connectivity index (χ2n) is 6.56. The van der Waals surface area contributed by atoms with Crippen molar-refractivity contribution in [3.63, 3.8) is 0 Å². The lowest BCUT2D eigenvalue weighted by molar-refractivity contribution is 0.569. The van der Waals surface area contributed by atoms with Crippen molar-refractivity contribution in [1.82, 2.24) is 9.11 Å². The minimum absolute atomic E-state index is 0.125. The number of rotatable bonds is 5. The molecule has 0 spiro atoms. The van der Waals surface area contributed by atoms with Crippen molar-refractivity contribution in [1.29, 1.82) is 0 Å². The maximum Gasteiger partial charge on any atom is 0.222 e. The maximum atomic E-state index is 12.3. The zero-order chi connectivity index (χ0) is 18.8. The Morgan fingerprint density at radius 2 is 1.88 bits per heavy atom. The second-order valence-corrected chi connectivity index (χ2v) is 10.4. The molecule has 8 heteroatoms. The van der Waals surface area contributed by atoms with E-state index in [4.69, 9.17) is 11.6 Å². The maximum absolute atomic E-state index is 12.3. The van der Waals surface area contributed by atoms with E-state index >= 15 is 0 Å². The number of nitrogens with one attached hydrogen (secondary N) is 1. The Morgan fingerprint density at radius 1 is 1.20 bits per heavy atom. The van der Waals surface area contributed by atoms with Gasteiger partial charge in [-0.25, -0.2) is 12.6 Å². The van der Waals surface area contributed by atoms with E-state index in [1.165, 1.54) is 13.0 Å². The molecule has 0 aliphatic carbocycles. The molecule has 0 radical (unpaired) electrons. The molecule has 25 heavy (non-hydrogen) atoms. The third-order valence-corrected chi connectivity index (χ3v) is 6.92.